The van der Waals surface area contributed by atoms with Crippen molar-refractivity contribution in [1.29, 1.82) is 0 Å². The zero-order chi connectivity index (χ0) is 18.5. The van der Waals surface area contributed by atoms with Crippen molar-refractivity contribution in [2.45, 2.75) is 33.7 Å². The van der Waals surface area contributed by atoms with Crippen molar-refractivity contribution >= 4 is 23.0 Å². The van der Waals surface area contributed by atoms with E-state index in [0.29, 0.717) is 11.7 Å². The molecule has 2 aromatic carbocycles. The Kier molecular flexibility index (Phi) is 5.68. The molecule has 0 saturated carbocycles. The first kappa shape index (κ1) is 18.1. The number of hydrogen-bond donors (Lipinski definition) is 2. The van der Waals surface area contributed by atoms with Crippen LogP contribution < -0.4 is 10.6 Å². The molecule has 0 fully saturated rings. The molecule has 1 heterocycles. The maximum Gasteiger partial charge on any atom is 0.171 e. The lowest BCUT2D eigenvalue weighted by molar-refractivity contribution is 0.830. The lowest BCUT2D eigenvalue weighted by Crippen LogP contribution is -2.28. The number of nitrogens with zero attached hydrogens (tertiary/aromatic N) is 2. The molecule has 0 bridgehead atoms. The molecule has 3 rings (SSSR count). The second kappa shape index (κ2) is 8.15. The normalized spacial score (nSPS) is 10.6. The van der Waals surface area contributed by atoms with Crippen LogP contribution in [0.4, 0.5) is 5.69 Å². The van der Waals surface area contributed by atoms with Crippen molar-refractivity contribution in [3.8, 4) is 5.69 Å². The molecule has 1 aromatic heterocycles. The van der Waals surface area contributed by atoms with Gasteiger partial charge in [0.05, 0.1) is 11.4 Å². The molecule has 134 valence electrons. The fraction of sp³-hybridized carbons (Fsp3) is 0.238. The van der Waals surface area contributed by atoms with E-state index >= 15 is 0 Å². The number of benzene rings is 2. The monoisotopic (exact) mass is 364 g/mol. The van der Waals surface area contributed by atoms with Gasteiger partial charge in [0, 0.05) is 23.5 Å². The average Bonchev–Trinajstić information content (AvgIpc) is 2.95. The number of hydrogen-bond acceptors (Lipinski definition) is 2. The topological polar surface area (TPSA) is 41.9 Å². The van der Waals surface area contributed by atoms with Crippen LogP contribution in [-0.2, 0) is 13.0 Å². The summed E-state index contributed by atoms with van der Waals surface area (Å²) in [6.07, 6.45) is 1.03. The van der Waals surface area contributed by atoms with E-state index in [0.717, 1.165) is 29.2 Å². The lowest BCUT2D eigenvalue weighted by atomic mass is 10.1. The number of aromatic nitrogens is 2. The summed E-state index contributed by atoms with van der Waals surface area (Å²) in [5, 5.41) is 11.8. The maximum atomic E-state index is 5.43. The Balaban J connectivity index is 1.65. The Labute approximate surface area is 160 Å². The Hall–Kier alpha value is -2.66. The number of para-hydroxylation sites is 1. The highest BCUT2D eigenvalue weighted by Gasteiger charge is 2.12. The number of nitrogens with one attached hydrogen (secondary N) is 2. The Morgan fingerprint density at radius 3 is 2.38 bits per heavy atom. The van der Waals surface area contributed by atoms with E-state index < -0.39 is 0 Å². The van der Waals surface area contributed by atoms with Crippen LogP contribution in [0.15, 0.2) is 54.6 Å². The van der Waals surface area contributed by atoms with Crippen LogP contribution in [-0.4, -0.2) is 14.9 Å². The molecule has 2 N–H and O–H groups in total. The van der Waals surface area contributed by atoms with Crippen LogP contribution in [0.2, 0.25) is 0 Å². The van der Waals surface area contributed by atoms with Crippen LogP contribution in [0.3, 0.4) is 0 Å². The third-order valence-electron chi connectivity index (χ3n) is 4.49. The number of thiocarbonyl (C=S) groups is 1. The predicted molar refractivity (Wildman–Crippen MR) is 112 cm³/mol. The number of rotatable bonds is 5. The number of anilines is 1. The molecule has 0 aliphatic carbocycles. The van der Waals surface area contributed by atoms with Crippen molar-refractivity contribution in [2.24, 2.45) is 0 Å². The van der Waals surface area contributed by atoms with Crippen LogP contribution in [0, 0.1) is 13.8 Å². The van der Waals surface area contributed by atoms with E-state index in [9.17, 15) is 0 Å². The Morgan fingerprint density at radius 1 is 1.04 bits per heavy atom. The number of aryl methyl sites for hydroxylation is 2. The van der Waals surface area contributed by atoms with Crippen LogP contribution in [0.1, 0.15) is 29.4 Å². The minimum atomic E-state index is 0.612. The quantitative estimate of drug-likeness (QED) is 0.652. The Bertz CT molecular complexity index is 882. The summed E-state index contributed by atoms with van der Waals surface area (Å²) in [6, 6.07) is 18.5. The molecule has 0 atom stereocenters. The molecule has 0 saturated heterocycles. The van der Waals surface area contributed by atoms with E-state index in [1.165, 1.54) is 11.1 Å². The molecule has 26 heavy (non-hydrogen) atoms. The lowest BCUT2D eigenvalue weighted by Gasteiger charge is -2.11. The van der Waals surface area contributed by atoms with E-state index in [2.05, 4.69) is 66.0 Å². The summed E-state index contributed by atoms with van der Waals surface area (Å²) in [4.78, 5) is 0. The molecule has 0 unspecified atom stereocenters. The van der Waals surface area contributed by atoms with Crippen molar-refractivity contribution in [1.82, 2.24) is 15.1 Å². The van der Waals surface area contributed by atoms with Gasteiger partial charge < -0.3 is 10.6 Å². The summed E-state index contributed by atoms with van der Waals surface area (Å²) >= 11 is 5.43. The average molecular weight is 365 g/mol. The molecule has 0 aliphatic heterocycles. The van der Waals surface area contributed by atoms with Gasteiger partial charge in [0.1, 0.15) is 0 Å². The fourth-order valence-corrected chi connectivity index (χ4v) is 3.11. The van der Waals surface area contributed by atoms with Gasteiger partial charge in [-0.1, -0.05) is 37.3 Å². The van der Waals surface area contributed by atoms with Gasteiger partial charge in [-0.3, -0.25) is 0 Å². The molecule has 5 heteroatoms. The maximum absolute atomic E-state index is 5.43. The Morgan fingerprint density at radius 2 is 1.73 bits per heavy atom. The summed E-state index contributed by atoms with van der Waals surface area (Å²) < 4.78 is 1.98. The van der Waals surface area contributed by atoms with E-state index in [1.807, 2.05) is 29.8 Å². The van der Waals surface area contributed by atoms with Crippen molar-refractivity contribution in [3.05, 3.63) is 77.1 Å². The summed E-state index contributed by atoms with van der Waals surface area (Å²) in [5.74, 6) is 0. The molecular formula is C21H24N4S. The van der Waals surface area contributed by atoms with Crippen LogP contribution in [0.25, 0.3) is 5.69 Å². The van der Waals surface area contributed by atoms with Crippen LogP contribution >= 0.6 is 12.2 Å². The van der Waals surface area contributed by atoms with Gasteiger partial charge in [-0.05, 0) is 62.3 Å². The van der Waals surface area contributed by atoms with Gasteiger partial charge in [-0.2, -0.15) is 5.10 Å². The predicted octanol–water partition coefficient (Wildman–Crippen LogP) is 4.54. The van der Waals surface area contributed by atoms with Gasteiger partial charge in [0.2, 0.25) is 0 Å². The second-order valence-corrected chi connectivity index (χ2v) is 6.66. The SMILES string of the molecule is CCc1ccc(NC(=S)NCc2c(C)nn(-c3ccccc3)c2C)cc1. The molecule has 3 aromatic rings. The third-order valence-corrected chi connectivity index (χ3v) is 4.73. The summed E-state index contributed by atoms with van der Waals surface area (Å²) in [7, 11) is 0. The van der Waals surface area contributed by atoms with Gasteiger partial charge in [-0.15, -0.1) is 0 Å². The fourth-order valence-electron chi connectivity index (χ4n) is 2.92. The molecular weight excluding hydrogens is 340 g/mol. The summed E-state index contributed by atoms with van der Waals surface area (Å²) in [5.41, 5.74) is 6.67. The molecule has 0 radical (unpaired) electrons. The van der Waals surface area contributed by atoms with E-state index in [-0.39, 0.29) is 0 Å². The highest BCUT2D eigenvalue weighted by molar-refractivity contribution is 7.80. The summed E-state index contributed by atoms with van der Waals surface area (Å²) in [6.45, 7) is 6.91. The van der Waals surface area contributed by atoms with Crippen molar-refractivity contribution in [2.75, 3.05) is 5.32 Å². The zero-order valence-corrected chi connectivity index (χ0v) is 16.2. The first-order valence-electron chi connectivity index (χ1n) is 8.82. The molecule has 0 aliphatic rings. The second-order valence-electron chi connectivity index (χ2n) is 6.25. The highest BCUT2D eigenvalue weighted by atomic mass is 32.1. The first-order chi connectivity index (χ1) is 12.6. The molecule has 4 nitrogen and oxygen atoms in total. The largest absolute Gasteiger partial charge is 0.358 e. The molecule has 0 amide bonds. The van der Waals surface area contributed by atoms with Crippen molar-refractivity contribution in [3.63, 3.8) is 0 Å². The molecule has 0 spiro atoms. The van der Waals surface area contributed by atoms with Gasteiger partial charge >= 0.3 is 0 Å². The smallest absolute Gasteiger partial charge is 0.171 e. The zero-order valence-electron chi connectivity index (χ0n) is 15.4. The van der Waals surface area contributed by atoms with Gasteiger partial charge in [0.15, 0.2) is 5.11 Å². The minimum Gasteiger partial charge on any atom is -0.358 e. The standard InChI is InChI=1S/C21H24N4S/c1-4-17-10-12-18(13-11-17)23-21(26)22-14-20-15(2)24-25(16(20)3)19-8-6-5-7-9-19/h5-13H,4,14H2,1-3H3,(H2,22,23,26). The van der Waals surface area contributed by atoms with Crippen LogP contribution in [0.5, 0.6) is 0 Å². The van der Waals surface area contributed by atoms with Gasteiger partial charge in [-0.25, -0.2) is 4.68 Å². The minimum absolute atomic E-state index is 0.612. The third kappa shape index (κ3) is 4.11. The first-order valence-corrected chi connectivity index (χ1v) is 9.23. The van der Waals surface area contributed by atoms with Crippen molar-refractivity contribution < 1.29 is 0 Å². The highest BCUT2D eigenvalue weighted by Crippen LogP contribution is 2.17. The van der Waals surface area contributed by atoms with E-state index in [1.54, 1.807) is 0 Å². The van der Waals surface area contributed by atoms with Gasteiger partial charge in [0.25, 0.3) is 0 Å². The van der Waals surface area contributed by atoms with E-state index in [4.69, 9.17) is 12.2 Å².